The number of piperazine rings is 1. The largest absolute Gasteiger partial charge is 0.337 e. The molecule has 0 spiro atoms. The lowest BCUT2D eigenvalue weighted by molar-refractivity contribution is -0.136. The average molecular weight is 434 g/mol. The number of hydrogen-bond donors (Lipinski definition) is 0. The molecule has 1 unspecified atom stereocenters. The number of amides is 4. The van der Waals surface area contributed by atoms with E-state index in [0.29, 0.717) is 48.8 Å². The Labute approximate surface area is 187 Å². The molecule has 7 heteroatoms. The summed E-state index contributed by atoms with van der Waals surface area (Å²) in [5.74, 6) is -0.818. The maximum Gasteiger partial charge on any atom is 0.262 e. The summed E-state index contributed by atoms with van der Waals surface area (Å²) in [5.41, 5.74) is 2.47. The Balaban J connectivity index is 1.38. The lowest BCUT2D eigenvalue weighted by atomic mass is 10.0. The monoisotopic (exact) mass is 433 g/mol. The third-order valence-electron chi connectivity index (χ3n) is 6.27. The van der Waals surface area contributed by atoms with Gasteiger partial charge < -0.3 is 9.80 Å². The molecule has 0 N–H and O–H groups in total. The van der Waals surface area contributed by atoms with Gasteiger partial charge in [0.25, 0.3) is 17.7 Å². The van der Waals surface area contributed by atoms with Gasteiger partial charge in [-0.15, -0.1) is 0 Å². The van der Waals surface area contributed by atoms with Gasteiger partial charge in [-0.1, -0.05) is 38.1 Å². The second kappa shape index (κ2) is 8.57. The number of benzene rings is 2. The van der Waals surface area contributed by atoms with Crippen LogP contribution in [0, 0.1) is 0 Å². The third kappa shape index (κ3) is 3.79. The molecule has 2 aliphatic heterocycles. The van der Waals surface area contributed by atoms with E-state index in [0.717, 1.165) is 4.90 Å². The molecular weight excluding hydrogens is 406 g/mol. The third-order valence-corrected chi connectivity index (χ3v) is 6.27. The van der Waals surface area contributed by atoms with Gasteiger partial charge in [0.15, 0.2) is 0 Å². The molecule has 2 aliphatic rings. The molecule has 1 fully saturated rings. The first-order chi connectivity index (χ1) is 15.3. The highest BCUT2D eigenvalue weighted by Gasteiger charge is 2.42. The molecule has 0 radical (unpaired) electrons. The molecule has 4 amide bonds. The van der Waals surface area contributed by atoms with E-state index in [4.69, 9.17) is 0 Å². The summed E-state index contributed by atoms with van der Waals surface area (Å²) >= 11 is 0. The minimum Gasteiger partial charge on any atom is -0.337 e. The quantitative estimate of drug-likeness (QED) is 0.695. The molecular formula is C25H27N3O4. The SMILES string of the molecule is CC(C)c1ccc(C(=O)N2CCN(C(=O)C(C)N3C(=O)c4ccccc4C3=O)CC2)cc1. The van der Waals surface area contributed by atoms with Gasteiger partial charge in [0.2, 0.25) is 5.91 Å². The fourth-order valence-corrected chi connectivity index (χ4v) is 4.26. The lowest BCUT2D eigenvalue weighted by Gasteiger charge is -2.37. The zero-order valence-corrected chi connectivity index (χ0v) is 18.6. The van der Waals surface area contributed by atoms with E-state index >= 15 is 0 Å². The van der Waals surface area contributed by atoms with Crippen molar-refractivity contribution in [1.29, 1.82) is 0 Å². The number of carbonyl (C=O) groups is 4. The van der Waals surface area contributed by atoms with Crippen molar-refractivity contribution in [1.82, 2.24) is 14.7 Å². The number of fused-ring (bicyclic) bond motifs is 1. The molecule has 7 nitrogen and oxygen atoms in total. The first-order valence-corrected chi connectivity index (χ1v) is 10.9. The molecule has 4 rings (SSSR count). The molecule has 0 bridgehead atoms. The van der Waals surface area contributed by atoms with Crippen molar-refractivity contribution in [2.45, 2.75) is 32.7 Å². The topological polar surface area (TPSA) is 78.0 Å². The summed E-state index contributed by atoms with van der Waals surface area (Å²) in [4.78, 5) is 55.7. The zero-order chi connectivity index (χ0) is 23.0. The maximum atomic E-state index is 13.1. The van der Waals surface area contributed by atoms with Crippen LogP contribution in [-0.4, -0.2) is 70.5 Å². The average Bonchev–Trinajstić information content (AvgIpc) is 3.08. The molecule has 166 valence electrons. The number of rotatable bonds is 4. The van der Waals surface area contributed by atoms with Crippen LogP contribution in [0.25, 0.3) is 0 Å². The first-order valence-electron chi connectivity index (χ1n) is 10.9. The second-order valence-electron chi connectivity index (χ2n) is 8.60. The minimum atomic E-state index is -0.895. The van der Waals surface area contributed by atoms with Crippen molar-refractivity contribution in [3.63, 3.8) is 0 Å². The number of imide groups is 1. The van der Waals surface area contributed by atoms with Gasteiger partial charge in [-0.3, -0.25) is 24.1 Å². The van der Waals surface area contributed by atoms with Crippen molar-refractivity contribution in [3.05, 3.63) is 70.8 Å². The van der Waals surface area contributed by atoms with Crippen LogP contribution in [0.4, 0.5) is 0 Å². The van der Waals surface area contributed by atoms with E-state index in [2.05, 4.69) is 13.8 Å². The summed E-state index contributed by atoms with van der Waals surface area (Å²) in [6.45, 7) is 7.34. The standard InChI is InChI=1S/C25H27N3O4/c1-16(2)18-8-10-19(11-9-18)23(30)27-14-12-26(13-15-27)22(29)17(3)28-24(31)20-6-4-5-7-21(20)25(28)32/h4-11,16-17H,12-15H2,1-3H3. The van der Waals surface area contributed by atoms with E-state index < -0.39 is 17.9 Å². The highest BCUT2D eigenvalue weighted by molar-refractivity contribution is 6.22. The fraction of sp³-hybridized carbons (Fsp3) is 0.360. The fourth-order valence-electron chi connectivity index (χ4n) is 4.26. The van der Waals surface area contributed by atoms with Crippen molar-refractivity contribution < 1.29 is 19.2 Å². The van der Waals surface area contributed by atoms with Crippen molar-refractivity contribution in [2.24, 2.45) is 0 Å². The summed E-state index contributed by atoms with van der Waals surface area (Å²) in [6.07, 6.45) is 0. The summed E-state index contributed by atoms with van der Waals surface area (Å²) < 4.78 is 0. The number of hydrogen-bond acceptors (Lipinski definition) is 4. The van der Waals surface area contributed by atoms with Crippen LogP contribution in [0.15, 0.2) is 48.5 Å². The Morgan fingerprint density at radius 1 is 0.750 bits per heavy atom. The summed E-state index contributed by atoms with van der Waals surface area (Å²) in [5, 5.41) is 0. The van der Waals surface area contributed by atoms with E-state index in [-0.39, 0.29) is 11.8 Å². The van der Waals surface area contributed by atoms with Crippen LogP contribution in [0.5, 0.6) is 0 Å². The van der Waals surface area contributed by atoms with E-state index in [1.54, 1.807) is 41.0 Å². The molecule has 0 aromatic heterocycles. The van der Waals surface area contributed by atoms with Gasteiger partial charge >= 0.3 is 0 Å². The van der Waals surface area contributed by atoms with Gasteiger partial charge in [0.05, 0.1) is 11.1 Å². The number of nitrogens with zero attached hydrogens (tertiary/aromatic N) is 3. The Hall–Kier alpha value is -3.48. The highest BCUT2D eigenvalue weighted by Crippen LogP contribution is 2.25. The van der Waals surface area contributed by atoms with Gasteiger partial charge in [-0.05, 0) is 42.7 Å². The molecule has 0 aliphatic carbocycles. The highest BCUT2D eigenvalue weighted by atomic mass is 16.2. The van der Waals surface area contributed by atoms with Crippen LogP contribution in [0.2, 0.25) is 0 Å². The summed E-state index contributed by atoms with van der Waals surface area (Å²) in [6, 6.07) is 13.4. The molecule has 32 heavy (non-hydrogen) atoms. The predicted molar refractivity (Wildman–Crippen MR) is 119 cm³/mol. The van der Waals surface area contributed by atoms with Crippen molar-refractivity contribution in [3.8, 4) is 0 Å². The molecule has 2 aromatic carbocycles. The number of carbonyl (C=O) groups excluding carboxylic acids is 4. The van der Waals surface area contributed by atoms with Crippen LogP contribution < -0.4 is 0 Å². The van der Waals surface area contributed by atoms with Crippen molar-refractivity contribution >= 4 is 23.6 Å². The van der Waals surface area contributed by atoms with Crippen LogP contribution >= 0.6 is 0 Å². The van der Waals surface area contributed by atoms with Gasteiger partial charge in [0.1, 0.15) is 6.04 Å². The predicted octanol–water partition coefficient (Wildman–Crippen LogP) is 2.78. The van der Waals surface area contributed by atoms with E-state index in [9.17, 15) is 19.2 Å². The van der Waals surface area contributed by atoms with Crippen LogP contribution in [-0.2, 0) is 4.79 Å². The van der Waals surface area contributed by atoms with E-state index in [1.165, 1.54) is 5.56 Å². The normalized spacial score (nSPS) is 17.1. The van der Waals surface area contributed by atoms with Crippen LogP contribution in [0.1, 0.15) is 63.3 Å². The molecule has 2 heterocycles. The summed E-state index contributed by atoms with van der Waals surface area (Å²) in [7, 11) is 0. The van der Waals surface area contributed by atoms with Gasteiger partial charge in [0, 0.05) is 31.7 Å². The minimum absolute atomic E-state index is 0.0548. The lowest BCUT2D eigenvalue weighted by Crippen LogP contribution is -2.56. The smallest absolute Gasteiger partial charge is 0.262 e. The maximum absolute atomic E-state index is 13.1. The van der Waals surface area contributed by atoms with E-state index in [1.807, 2.05) is 24.3 Å². The van der Waals surface area contributed by atoms with Crippen LogP contribution in [0.3, 0.4) is 0 Å². The second-order valence-corrected chi connectivity index (χ2v) is 8.60. The molecule has 0 saturated carbocycles. The Kier molecular flexibility index (Phi) is 5.82. The molecule has 1 saturated heterocycles. The zero-order valence-electron chi connectivity index (χ0n) is 18.6. The van der Waals surface area contributed by atoms with Gasteiger partial charge in [-0.25, -0.2) is 0 Å². The molecule has 2 aromatic rings. The van der Waals surface area contributed by atoms with Crippen molar-refractivity contribution in [2.75, 3.05) is 26.2 Å². The Morgan fingerprint density at radius 3 is 1.75 bits per heavy atom. The molecule has 1 atom stereocenters. The Morgan fingerprint density at radius 2 is 1.25 bits per heavy atom. The van der Waals surface area contributed by atoms with Gasteiger partial charge in [-0.2, -0.15) is 0 Å². The Bertz CT molecular complexity index is 1030. The first kappa shape index (κ1) is 21.7.